The number of nitrogens with zero attached hydrogens (tertiary/aromatic N) is 4. The molecule has 0 bridgehead atoms. The van der Waals surface area contributed by atoms with E-state index in [1.807, 2.05) is 24.3 Å². The van der Waals surface area contributed by atoms with E-state index in [4.69, 9.17) is 0 Å². The Morgan fingerprint density at radius 2 is 1.80 bits per heavy atom. The van der Waals surface area contributed by atoms with Crippen LogP contribution in [0.3, 0.4) is 0 Å². The molecular formula is C29H31N7O4S. The predicted octanol–water partition coefficient (Wildman–Crippen LogP) is 2.82. The van der Waals surface area contributed by atoms with Gasteiger partial charge in [0, 0.05) is 61.5 Å². The number of piperazine rings is 1. The van der Waals surface area contributed by atoms with E-state index in [9.17, 15) is 18.0 Å². The zero-order valence-electron chi connectivity index (χ0n) is 22.8. The minimum Gasteiger partial charge on any atom is -0.369 e. The predicted molar refractivity (Wildman–Crippen MR) is 157 cm³/mol. The number of Topliss-reactive ketones (excluding diaryl/α,β-unsaturated/α-hetero) is 1. The number of ketones is 1. The van der Waals surface area contributed by atoms with E-state index in [0.717, 1.165) is 37.6 Å². The number of fused-ring (bicyclic) bond motifs is 2. The van der Waals surface area contributed by atoms with Crippen LogP contribution in [0, 0.1) is 5.92 Å². The van der Waals surface area contributed by atoms with E-state index in [1.54, 1.807) is 32.0 Å². The van der Waals surface area contributed by atoms with Crippen LogP contribution in [-0.2, 0) is 16.4 Å². The summed E-state index contributed by atoms with van der Waals surface area (Å²) in [7, 11) is -3.91. The molecule has 11 nitrogen and oxygen atoms in total. The molecule has 1 saturated heterocycles. The normalized spacial score (nSPS) is 18.3. The molecule has 0 amide bonds. The van der Waals surface area contributed by atoms with E-state index in [2.05, 4.69) is 30.2 Å². The lowest BCUT2D eigenvalue weighted by Crippen LogP contribution is -2.44. The Bertz CT molecular complexity index is 1800. The third-order valence-electron chi connectivity index (χ3n) is 7.45. The molecule has 0 radical (unpaired) electrons. The van der Waals surface area contributed by atoms with Crippen LogP contribution in [0.5, 0.6) is 0 Å². The van der Waals surface area contributed by atoms with Crippen molar-refractivity contribution in [2.24, 2.45) is 5.92 Å². The Balaban J connectivity index is 1.41. The van der Waals surface area contributed by atoms with Crippen LogP contribution in [0.1, 0.15) is 35.9 Å². The summed E-state index contributed by atoms with van der Waals surface area (Å²) in [5.41, 5.74) is 2.05. The SMILES string of the molecule is CC(C)C(=O)c1cc2cnc(Nc3ccc(N4CCNCC4)cc3)nc2n(C2Cc3ccccc3S(=O)(=O)N2)c1=O. The molecule has 212 valence electrons. The number of anilines is 3. The van der Waals surface area contributed by atoms with Crippen molar-refractivity contribution in [3.8, 4) is 0 Å². The van der Waals surface area contributed by atoms with Gasteiger partial charge < -0.3 is 15.5 Å². The molecular weight excluding hydrogens is 542 g/mol. The van der Waals surface area contributed by atoms with Gasteiger partial charge in [0.15, 0.2) is 5.78 Å². The van der Waals surface area contributed by atoms with Crippen molar-refractivity contribution < 1.29 is 13.2 Å². The Kier molecular flexibility index (Phi) is 7.06. The topological polar surface area (TPSA) is 138 Å². The molecule has 3 N–H and O–H groups in total. The third kappa shape index (κ3) is 5.21. The first-order chi connectivity index (χ1) is 19.7. The highest BCUT2D eigenvalue weighted by Gasteiger charge is 2.33. The molecule has 12 heteroatoms. The van der Waals surface area contributed by atoms with Gasteiger partial charge in [0.1, 0.15) is 11.8 Å². The standard InChI is InChI=1S/C29H31N7O4S/c1-18(2)26(37)23-15-20-17-31-29(32-21-7-9-22(10-8-21)35-13-11-30-12-14-35)33-27(20)36(28(23)38)25-16-19-5-3-4-6-24(19)41(39,40)34-25/h3-10,15,17-18,25,30,34H,11-14,16H2,1-2H3,(H,31,32,33). The Hall–Kier alpha value is -4.13. The first-order valence-electron chi connectivity index (χ1n) is 13.6. The summed E-state index contributed by atoms with van der Waals surface area (Å²) >= 11 is 0. The molecule has 6 rings (SSSR count). The van der Waals surface area contributed by atoms with Crippen LogP contribution in [0.15, 0.2) is 70.5 Å². The average molecular weight is 574 g/mol. The molecule has 4 heterocycles. The van der Waals surface area contributed by atoms with Crippen molar-refractivity contribution in [1.82, 2.24) is 24.6 Å². The van der Waals surface area contributed by atoms with Crippen molar-refractivity contribution in [3.63, 3.8) is 0 Å². The van der Waals surface area contributed by atoms with Gasteiger partial charge in [0.2, 0.25) is 16.0 Å². The first kappa shape index (κ1) is 27.1. The minimum absolute atomic E-state index is 0.0293. The molecule has 0 saturated carbocycles. The molecule has 0 spiro atoms. The maximum atomic E-state index is 13.8. The number of sulfonamides is 1. The summed E-state index contributed by atoms with van der Waals surface area (Å²) in [4.78, 5) is 38.4. The van der Waals surface area contributed by atoms with E-state index < -0.39 is 27.7 Å². The molecule has 1 atom stereocenters. The van der Waals surface area contributed by atoms with Gasteiger partial charge in [-0.2, -0.15) is 9.71 Å². The maximum absolute atomic E-state index is 13.8. The molecule has 0 aliphatic carbocycles. The maximum Gasteiger partial charge on any atom is 0.264 e. The second-order valence-electron chi connectivity index (χ2n) is 10.6. The second-order valence-corrected chi connectivity index (χ2v) is 12.3. The molecule has 2 aliphatic rings. The number of aromatic nitrogens is 3. The molecule has 2 aromatic heterocycles. The highest BCUT2D eigenvalue weighted by Crippen LogP contribution is 2.29. The van der Waals surface area contributed by atoms with Crippen LogP contribution in [0.4, 0.5) is 17.3 Å². The summed E-state index contributed by atoms with van der Waals surface area (Å²) in [5, 5.41) is 6.99. The van der Waals surface area contributed by atoms with Gasteiger partial charge in [0.05, 0.1) is 10.5 Å². The summed E-state index contributed by atoms with van der Waals surface area (Å²) in [6.07, 6.45) is 0.771. The van der Waals surface area contributed by atoms with Gasteiger partial charge in [-0.1, -0.05) is 32.0 Å². The number of nitrogens with one attached hydrogen (secondary N) is 3. The zero-order chi connectivity index (χ0) is 28.7. The quantitative estimate of drug-likeness (QED) is 0.297. The van der Waals surface area contributed by atoms with Crippen molar-refractivity contribution in [3.05, 3.63) is 82.3 Å². The van der Waals surface area contributed by atoms with Crippen molar-refractivity contribution in [2.75, 3.05) is 36.4 Å². The fourth-order valence-corrected chi connectivity index (χ4v) is 6.76. The second kappa shape index (κ2) is 10.7. The van der Waals surface area contributed by atoms with Gasteiger partial charge in [-0.25, -0.2) is 13.4 Å². The number of carbonyl (C=O) groups excluding carboxylic acids is 1. The van der Waals surface area contributed by atoms with E-state index in [0.29, 0.717) is 10.9 Å². The molecule has 1 fully saturated rings. The molecule has 41 heavy (non-hydrogen) atoms. The van der Waals surface area contributed by atoms with Gasteiger partial charge in [0.25, 0.3) is 5.56 Å². The van der Waals surface area contributed by atoms with Crippen LogP contribution >= 0.6 is 0 Å². The van der Waals surface area contributed by atoms with E-state index in [-0.39, 0.29) is 34.3 Å². The number of hydrogen-bond donors (Lipinski definition) is 3. The summed E-state index contributed by atoms with van der Waals surface area (Å²) < 4.78 is 30.2. The number of benzene rings is 2. The van der Waals surface area contributed by atoms with Crippen molar-refractivity contribution in [1.29, 1.82) is 0 Å². The molecule has 2 aromatic carbocycles. The molecule has 1 unspecified atom stereocenters. The van der Waals surface area contributed by atoms with Gasteiger partial charge in [-0.15, -0.1) is 0 Å². The number of carbonyl (C=O) groups is 1. The fourth-order valence-electron chi connectivity index (χ4n) is 5.34. The zero-order valence-corrected chi connectivity index (χ0v) is 23.6. The molecule has 2 aliphatic heterocycles. The smallest absolute Gasteiger partial charge is 0.264 e. The van der Waals surface area contributed by atoms with Crippen molar-refractivity contribution >= 4 is 44.2 Å². The number of hydrogen-bond acceptors (Lipinski definition) is 9. The van der Waals surface area contributed by atoms with Gasteiger partial charge in [-0.05, 0) is 42.0 Å². The van der Waals surface area contributed by atoms with Crippen LogP contribution < -0.4 is 25.8 Å². The van der Waals surface area contributed by atoms with E-state index in [1.165, 1.54) is 22.9 Å². The Labute approximate surface area is 237 Å². The van der Waals surface area contributed by atoms with E-state index >= 15 is 0 Å². The fraction of sp³-hybridized carbons (Fsp3) is 0.310. The van der Waals surface area contributed by atoms with Crippen LogP contribution in [0.25, 0.3) is 11.0 Å². The Morgan fingerprint density at radius 1 is 1.07 bits per heavy atom. The highest BCUT2D eigenvalue weighted by molar-refractivity contribution is 7.89. The Morgan fingerprint density at radius 3 is 2.54 bits per heavy atom. The highest BCUT2D eigenvalue weighted by atomic mass is 32.2. The number of rotatable bonds is 6. The largest absolute Gasteiger partial charge is 0.369 e. The monoisotopic (exact) mass is 573 g/mol. The lowest BCUT2D eigenvalue weighted by molar-refractivity contribution is 0.0937. The molecule has 4 aromatic rings. The summed E-state index contributed by atoms with van der Waals surface area (Å²) in [6.45, 7) is 7.20. The summed E-state index contributed by atoms with van der Waals surface area (Å²) in [6, 6.07) is 16.1. The number of pyridine rings is 1. The average Bonchev–Trinajstić information content (AvgIpc) is 2.97. The first-order valence-corrected chi connectivity index (χ1v) is 15.1. The van der Waals surface area contributed by atoms with Gasteiger partial charge in [-0.3, -0.25) is 14.2 Å². The summed E-state index contributed by atoms with van der Waals surface area (Å²) in [5.74, 6) is -0.525. The lowest BCUT2D eigenvalue weighted by Gasteiger charge is -2.29. The lowest BCUT2D eigenvalue weighted by atomic mass is 10.0. The van der Waals surface area contributed by atoms with Gasteiger partial charge >= 0.3 is 0 Å². The van der Waals surface area contributed by atoms with Crippen LogP contribution in [0.2, 0.25) is 0 Å². The van der Waals surface area contributed by atoms with Crippen molar-refractivity contribution in [2.45, 2.75) is 31.3 Å². The van der Waals surface area contributed by atoms with Crippen LogP contribution in [-0.4, -0.2) is 54.9 Å². The minimum atomic E-state index is -3.91. The third-order valence-corrected chi connectivity index (χ3v) is 9.01.